The first-order valence-corrected chi connectivity index (χ1v) is 25.0. The summed E-state index contributed by atoms with van der Waals surface area (Å²) in [6.45, 7) is 0. The van der Waals surface area contributed by atoms with Crippen molar-refractivity contribution in [3.8, 4) is 73.0 Å². The zero-order valence-electron chi connectivity index (χ0n) is 40.7. The van der Waals surface area contributed by atoms with Gasteiger partial charge in [-0.2, -0.15) is 0 Å². The minimum atomic E-state index is -0.276. The predicted octanol–water partition coefficient (Wildman–Crippen LogP) is 16.4. The number of amidine groups is 2. The molecule has 1 unspecified atom stereocenters. The Kier molecular flexibility index (Phi) is 11.4. The molecule has 1 atom stereocenters. The Morgan fingerprint density at radius 3 is 1.49 bits per heavy atom. The topological polar surface area (TPSA) is 58.7 Å². The molecule has 0 saturated carbocycles. The summed E-state index contributed by atoms with van der Waals surface area (Å²) in [7, 11) is 2.10. The summed E-state index contributed by atoms with van der Waals surface area (Å²) in [5.41, 5.74) is 17.7. The molecular formula is C68H48N6. The Morgan fingerprint density at radius 2 is 0.838 bits per heavy atom. The largest absolute Gasteiger partial charge is 0.333 e. The van der Waals surface area contributed by atoms with Gasteiger partial charge in [0.05, 0.1) is 22.4 Å². The monoisotopic (exact) mass is 948 g/mol. The van der Waals surface area contributed by atoms with Crippen LogP contribution in [-0.4, -0.2) is 38.2 Å². The van der Waals surface area contributed by atoms with Gasteiger partial charge in [-0.05, 0) is 81.4 Å². The molecule has 12 aromatic rings. The summed E-state index contributed by atoms with van der Waals surface area (Å²) in [4.78, 5) is 23.3. The van der Waals surface area contributed by atoms with Crippen LogP contribution in [0, 0.1) is 0 Å². The van der Waals surface area contributed by atoms with Crippen LogP contribution in [-0.2, 0) is 0 Å². The third-order valence-electron chi connectivity index (χ3n) is 14.1. The molecule has 0 aliphatic carbocycles. The van der Waals surface area contributed by atoms with E-state index in [-0.39, 0.29) is 6.17 Å². The van der Waals surface area contributed by atoms with Crippen LogP contribution in [0.4, 0.5) is 0 Å². The Morgan fingerprint density at radius 1 is 0.351 bits per heavy atom. The van der Waals surface area contributed by atoms with Crippen molar-refractivity contribution in [3.63, 3.8) is 0 Å². The summed E-state index contributed by atoms with van der Waals surface area (Å²) >= 11 is 0. The zero-order valence-corrected chi connectivity index (χ0v) is 40.7. The molecule has 6 nitrogen and oxygen atoms in total. The lowest BCUT2D eigenvalue weighted by Gasteiger charge is -2.33. The summed E-state index contributed by atoms with van der Waals surface area (Å²) in [6.07, 6.45) is -0.276. The standard InChI is InChI=1S/C68H48N6/c1-73-67(49-28-12-5-13-29-49)71-65(48-26-10-4-11-27-48)72-68(73)59-37-15-14-34-55(59)52-40-41-56(60(44-52)51-31-21-33-54(43-51)74-63-38-18-16-35-57(63)58-36-17-19-39-64(58)74)50-30-20-32-53(42-50)66-69-61(46-22-6-2-7-23-46)45-62(70-66)47-24-8-3-9-25-47/h2-45,67H,1H3. The average Bonchev–Trinajstić information content (AvgIpc) is 3.82. The van der Waals surface area contributed by atoms with E-state index in [2.05, 4.69) is 247 Å². The summed E-state index contributed by atoms with van der Waals surface area (Å²) < 4.78 is 2.39. The molecule has 0 radical (unpaired) electrons. The highest BCUT2D eigenvalue weighted by Gasteiger charge is 2.28. The maximum absolute atomic E-state index is 5.37. The number of hydrogen-bond donors (Lipinski definition) is 0. The Hall–Kier alpha value is -9.78. The molecule has 1 aliphatic heterocycles. The van der Waals surface area contributed by atoms with E-state index in [0.29, 0.717) is 11.7 Å². The van der Waals surface area contributed by atoms with E-state index >= 15 is 0 Å². The van der Waals surface area contributed by atoms with Crippen LogP contribution in [0.2, 0.25) is 0 Å². The van der Waals surface area contributed by atoms with E-state index in [1.165, 1.54) is 21.8 Å². The second kappa shape index (κ2) is 19.1. The fourth-order valence-electron chi connectivity index (χ4n) is 10.5. The lowest BCUT2D eigenvalue weighted by molar-refractivity contribution is 0.383. The highest BCUT2D eigenvalue weighted by Crippen LogP contribution is 2.41. The molecular weight excluding hydrogens is 901 g/mol. The van der Waals surface area contributed by atoms with Crippen LogP contribution in [0.3, 0.4) is 0 Å². The molecule has 0 bridgehead atoms. The van der Waals surface area contributed by atoms with Gasteiger partial charge in [-0.3, -0.25) is 0 Å². The van der Waals surface area contributed by atoms with E-state index in [1.54, 1.807) is 0 Å². The van der Waals surface area contributed by atoms with Gasteiger partial charge < -0.3 is 9.47 Å². The molecule has 350 valence electrons. The van der Waals surface area contributed by atoms with Crippen molar-refractivity contribution in [3.05, 3.63) is 284 Å². The first kappa shape index (κ1) is 44.2. The molecule has 74 heavy (non-hydrogen) atoms. The molecule has 0 saturated heterocycles. The number of hydrogen-bond acceptors (Lipinski definition) is 5. The number of rotatable bonds is 10. The molecule has 6 heteroatoms. The van der Waals surface area contributed by atoms with Gasteiger partial charge in [-0.25, -0.2) is 20.0 Å². The van der Waals surface area contributed by atoms with Crippen LogP contribution in [0.5, 0.6) is 0 Å². The first-order chi connectivity index (χ1) is 36.6. The number of para-hydroxylation sites is 2. The highest BCUT2D eigenvalue weighted by molar-refractivity contribution is 6.15. The fourth-order valence-corrected chi connectivity index (χ4v) is 10.5. The van der Waals surface area contributed by atoms with E-state index in [1.807, 2.05) is 36.4 Å². The lowest BCUT2D eigenvalue weighted by Crippen LogP contribution is -2.36. The molecule has 0 amide bonds. The second-order valence-corrected chi connectivity index (χ2v) is 18.7. The predicted molar refractivity (Wildman–Crippen MR) is 305 cm³/mol. The van der Waals surface area contributed by atoms with Crippen LogP contribution in [0.1, 0.15) is 22.9 Å². The van der Waals surface area contributed by atoms with E-state index in [4.69, 9.17) is 20.0 Å². The van der Waals surface area contributed by atoms with Crippen LogP contribution in [0.25, 0.3) is 94.8 Å². The molecule has 0 spiro atoms. The minimum Gasteiger partial charge on any atom is -0.333 e. The van der Waals surface area contributed by atoms with Crippen LogP contribution in [0.15, 0.2) is 277 Å². The smallest absolute Gasteiger partial charge is 0.160 e. The SMILES string of the molecule is CN1C(c2ccccc2-c2ccc(-c3cccc(-c4nc(-c5ccccc5)cc(-c5ccccc5)n4)c3)c(-c3cccc(-n4c5ccccc5c5ccccc54)c3)c2)=NC(c2ccccc2)=NC1c1ccccc1. The fraction of sp³-hybridized carbons (Fsp3) is 0.0294. The Labute approximate surface area is 430 Å². The minimum absolute atomic E-state index is 0.276. The van der Waals surface area contributed by atoms with Gasteiger partial charge in [0.1, 0.15) is 12.0 Å². The van der Waals surface area contributed by atoms with Gasteiger partial charge in [0.2, 0.25) is 0 Å². The summed E-state index contributed by atoms with van der Waals surface area (Å²) in [6, 6.07) is 94.1. The maximum atomic E-state index is 5.37. The van der Waals surface area contributed by atoms with Crippen LogP contribution < -0.4 is 0 Å². The molecule has 0 fully saturated rings. The molecule has 2 aromatic heterocycles. The molecule has 3 heterocycles. The first-order valence-electron chi connectivity index (χ1n) is 25.0. The molecule has 13 rings (SSSR count). The third kappa shape index (κ3) is 8.24. The van der Waals surface area contributed by atoms with E-state index in [9.17, 15) is 0 Å². The van der Waals surface area contributed by atoms with Crippen molar-refractivity contribution >= 4 is 33.5 Å². The normalized spacial score (nSPS) is 13.5. The Bertz CT molecular complexity index is 3980. The van der Waals surface area contributed by atoms with E-state index in [0.717, 1.165) is 89.7 Å². The van der Waals surface area contributed by atoms with Gasteiger partial charge >= 0.3 is 0 Å². The van der Waals surface area contributed by atoms with Crippen molar-refractivity contribution < 1.29 is 0 Å². The number of benzene rings is 10. The van der Waals surface area contributed by atoms with Gasteiger partial charge in [0.15, 0.2) is 11.7 Å². The zero-order chi connectivity index (χ0) is 49.4. The number of fused-ring (bicyclic) bond motifs is 3. The molecule has 1 aliphatic rings. The second-order valence-electron chi connectivity index (χ2n) is 18.7. The number of nitrogens with zero attached hydrogens (tertiary/aromatic N) is 6. The van der Waals surface area contributed by atoms with Gasteiger partial charge in [-0.15, -0.1) is 0 Å². The van der Waals surface area contributed by atoms with Crippen molar-refractivity contribution in [1.82, 2.24) is 19.4 Å². The highest BCUT2D eigenvalue weighted by atomic mass is 15.3. The van der Waals surface area contributed by atoms with Crippen molar-refractivity contribution in [2.75, 3.05) is 7.05 Å². The summed E-state index contributed by atoms with van der Waals surface area (Å²) in [5.74, 6) is 2.22. The average molecular weight is 949 g/mol. The third-order valence-corrected chi connectivity index (χ3v) is 14.1. The van der Waals surface area contributed by atoms with E-state index < -0.39 is 0 Å². The van der Waals surface area contributed by atoms with Crippen molar-refractivity contribution in [2.24, 2.45) is 9.98 Å². The number of aliphatic imine (C=N–C) groups is 2. The maximum Gasteiger partial charge on any atom is 0.160 e. The van der Waals surface area contributed by atoms with Crippen molar-refractivity contribution in [2.45, 2.75) is 6.17 Å². The number of aromatic nitrogens is 3. The van der Waals surface area contributed by atoms with Crippen molar-refractivity contribution in [1.29, 1.82) is 0 Å². The van der Waals surface area contributed by atoms with Crippen LogP contribution >= 0.6 is 0 Å². The quantitative estimate of drug-likeness (QED) is 0.137. The molecule has 10 aromatic carbocycles. The molecule has 0 N–H and O–H groups in total. The van der Waals surface area contributed by atoms with Gasteiger partial charge in [-0.1, -0.05) is 224 Å². The van der Waals surface area contributed by atoms with Gasteiger partial charge in [0.25, 0.3) is 0 Å². The summed E-state index contributed by atoms with van der Waals surface area (Å²) in [5, 5.41) is 2.45. The Balaban J connectivity index is 0.990. The lowest BCUT2D eigenvalue weighted by atomic mass is 9.89. The van der Waals surface area contributed by atoms with Gasteiger partial charge in [0, 0.05) is 51.3 Å².